The van der Waals surface area contributed by atoms with E-state index < -0.39 is 0 Å². The molecule has 0 atom stereocenters. The van der Waals surface area contributed by atoms with Gasteiger partial charge in [0, 0.05) is 49.1 Å². The molecule has 2 aromatic carbocycles. The number of nitrogens with one attached hydrogen (secondary N) is 3. The second-order valence-corrected chi connectivity index (χ2v) is 7.65. The number of imidazole rings is 1. The van der Waals surface area contributed by atoms with Crippen molar-refractivity contribution in [2.75, 3.05) is 13.1 Å². The third-order valence-corrected chi connectivity index (χ3v) is 5.39. The van der Waals surface area contributed by atoms with Crippen molar-refractivity contribution in [1.82, 2.24) is 25.2 Å². The summed E-state index contributed by atoms with van der Waals surface area (Å²) in [6.45, 7) is 7.24. The molecule has 0 bridgehead atoms. The Balaban J connectivity index is 1.36. The van der Waals surface area contributed by atoms with Crippen molar-refractivity contribution in [3.05, 3.63) is 89.6 Å². The van der Waals surface area contributed by atoms with Crippen LogP contribution in [0, 0.1) is 6.92 Å². The van der Waals surface area contributed by atoms with Gasteiger partial charge in [-0.25, -0.2) is 9.98 Å². The zero-order valence-corrected chi connectivity index (χ0v) is 18.2. The Morgan fingerprint density at radius 3 is 2.81 bits per heavy atom. The molecule has 0 aliphatic heterocycles. The summed E-state index contributed by atoms with van der Waals surface area (Å²) in [6, 6.07) is 17.0. The van der Waals surface area contributed by atoms with Gasteiger partial charge in [-0.15, -0.1) is 0 Å². The summed E-state index contributed by atoms with van der Waals surface area (Å²) in [5.41, 5.74) is 4.96. The van der Waals surface area contributed by atoms with E-state index >= 15 is 0 Å². The number of para-hydroxylation sites is 1. The lowest BCUT2D eigenvalue weighted by Gasteiger charge is -2.11. The number of hydrogen-bond donors (Lipinski definition) is 3. The minimum absolute atomic E-state index is 0.638. The molecule has 0 aliphatic carbocycles. The Kier molecular flexibility index (Phi) is 6.67. The summed E-state index contributed by atoms with van der Waals surface area (Å²) in [5, 5.41) is 8.10. The van der Waals surface area contributed by atoms with Crippen LogP contribution in [0.5, 0.6) is 0 Å². The van der Waals surface area contributed by atoms with Crippen molar-refractivity contribution in [3.8, 4) is 0 Å². The van der Waals surface area contributed by atoms with Crippen LogP contribution in [-0.2, 0) is 19.5 Å². The van der Waals surface area contributed by atoms with Gasteiger partial charge in [-0.05, 0) is 43.0 Å². The second-order valence-electron chi connectivity index (χ2n) is 7.65. The van der Waals surface area contributed by atoms with Crippen LogP contribution in [0.3, 0.4) is 0 Å². The predicted molar refractivity (Wildman–Crippen MR) is 127 cm³/mol. The monoisotopic (exact) mass is 414 g/mol. The van der Waals surface area contributed by atoms with Gasteiger partial charge in [0.05, 0.1) is 6.54 Å². The molecular weight excluding hydrogens is 384 g/mol. The van der Waals surface area contributed by atoms with Gasteiger partial charge in [-0.2, -0.15) is 0 Å². The first-order valence-corrected chi connectivity index (χ1v) is 10.9. The topological polar surface area (TPSA) is 70.0 Å². The van der Waals surface area contributed by atoms with Gasteiger partial charge in [0.2, 0.25) is 0 Å². The van der Waals surface area contributed by atoms with E-state index in [1.54, 1.807) is 0 Å². The van der Waals surface area contributed by atoms with Crippen molar-refractivity contribution < 1.29 is 0 Å². The minimum Gasteiger partial charge on any atom is -0.361 e. The molecule has 0 unspecified atom stereocenters. The third-order valence-electron chi connectivity index (χ3n) is 5.39. The van der Waals surface area contributed by atoms with E-state index in [0.29, 0.717) is 6.54 Å². The van der Waals surface area contributed by atoms with Crippen LogP contribution >= 0.6 is 0 Å². The van der Waals surface area contributed by atoms with Crippen LogP contribution in [0.4, 0.5) is 0 Å². The zero-order chi connectivity index (χ0) is 21.5. The lowest BCUT2D eigenvalue weighted by atomic mass is 10.1. The number of aliphatic imine (C=N–C) groups is 1. The van der Waals surface area contributed by atoms with Crippen LogP contribution in [0.2, 0.25) is 0 Å². The lowest BCUT2D eigenvalue weighted by molar-refractivity contribution is 0.760. The molecule has 4 rings (SSSR count). The van der Waals surface area contributed by atoms with E-state index in [1.807, 2.05) is 19.3 Å². The molecule has 2 heterocycles. The minimum atomic E-state index is 0.638. The first-order chi connectivity index (χ1) is 15.2. The van der Waals surface area contributed by atoms with Gasteiger partial charge >= 0.3 is 0 Å². The van der Waals surface area contributed by atoms with Crippen molar-refractivity contribution in [2.45, 2.75) is 33.4 Å². The van der Waals surface area contributed by atoms with Gasteiger partial charge in [-0.1, -0.05) is 42.5 Å². The number of nitrogens with zero attached hydrogens (tertiary/aromatic N) is 3. The van der Waals surface area contributed by atoms with Crippen LogP contribution < -0.4 is 10.6 Å². The number of H-pyrrole nitrogens is 1. The highest BCUT2D eigenvalue weighted by Crippen LogP contribution is 2.17. The summed E-state index contributed by atoms with van der Waals surface area (Å²) in [5.74, 6) is 1.87. The quantitative estimate of drug-likeness (QED) is 0.301. The summed E-state index contributed by atoms with van der Waals surface area (Å²) < 4.78 is 2.15. The first-order valence-electron chi connectivity index (χ1n) is 10.9. The molecule has 0 radical (unpaired) electrons. The average Bonchev–Trinajstić information content (AvgIpc) is 3.38. The molecule has 0 saturated heterocycles. The number of hydrogen-bond acceptors (Lipinski definition) is 2. The summed E-state index contributed by atoms with van der Waals surface area (Å²) in [6.07, 6.45) is 6.90. The van der Waals surface area contributed by atoms with E-state index in [2.05, 4.69) is 86.8 Å². The smallest absolute Gasteiger partial charge is 0.191 e. The fraction of sp³-hybridized carbons (Fsp3) is 0.280. The molecule has 0 amide bonds. The molecule has 6 heteroatoms. The van der Waals surface area contributed by atoms with Crippen LogP contribution in [-0.4, -0.2) is 33.6 Å². The molecule has 0 saturated carbocycles. The lowest BCUT2D eigenvalue weighted by Crippen LogP contribution is -2.38. The molecule has 160 valence electrons. The number of aromatic amines is 1. The van der Waals surface area contributed by atoms with Gasteiger partial charge in [0.1, 0.15) is 5.82 Å². The number of aromatic nitrogens is 3. The maximum Gasteiger partial charge on any atom is 0.191 e. The van der Waals surface area contributed by atoms with E-state index in [-0.39, 0.29) is 0 Å². The van der Waals surface area contributed by atoms with Crippen LogP contribution in [0.25, 0.3) is 10.9 Å². The van der Waals surface area contributed by atoms with E-state index in [4.69, 9.17) is 4.99 Å². The Hall–Kier alpha value is -3.54. The molecule has 0 aliphatic rings. The predicted octanol–water partition coefficient (Wildman–Crippen LogP) is 4.02. The highest BCUT2D eigenvalue weighted by molar-refractivity contribution is 5.83. The number of guanidine groups is 1. The Labute approximate surface area is 183 Å². The molecular formula is C25H30N6. The molecule has 4 aromatic rings. The van der Waals surface area contributed by atoms with Gasteiger partial charge in [0.15, 0.2) is 5.96 Å². The standard InChI is InChI=1S/C25H30N6/c1-3-26-25(28-12-11-22-17-29-24-10-5-4-9-23(22)24)30-16-20-7-6-8-21(15-20)18-31-14-13-27-19(31)2/h4-10,13-15,17,29H,3,11-12,16,18H2,1-2H3,(H2,26,28,30). The normalized spacial score (nSPS) is 11.7. The van der Waals surface area contributed by atoms with Crippen molar-refractivity contribution in [3.63, 3.8) is 0 Å². The molecule has 2 aromatic heterocycles. The number of fused-ring (bicyclic) bond motifs is 1. The SMILES string of the molecule is CCNC(=NCc1cccc(Cn2ccnc2C)c1)NCCc1c[nH]c2ccccc12. The largest absolute Gasteiger partial charge is 0.361 e. The second kappa shape index (κ2) is 9.98. The van der Waals surface area contributed by atoms with Crippen molar-refractivity contribution >= 4 is 16.9 Å². The zero-order valence-electron chi connectivity index (χ0n) is 18.2. The van der Waals surface area contributed by atoms with E-state index in [0.717, 1.165) is 37.8 Å². The molecule has 31 heavy (non-hydrogen) atoms. The molecule has 0 spiro atoms. The summed E-state index contributed by atoms with van der Waals surface area (Å²) in [7, 11) is 0. The van der Waals surface area contributed by atoms with E-state index in [1.165, 1.54) is 27.6 Å². The Bertz CT molecular complexity index is 1150. The van der Waals surface area contributed by atoms with Crippen LogP contribution in [0.15, 0.2) is 72.1 Å². The van der Waals surface area contributed by atoms with Gasteiger partial charge in [0.25, 0.3) is 0 Å². The summed E-state index contributed by atoms with van der Waals surface area (Å²) in [4.78, 5) is 12.4. The van der Waals surface area contributed by atoms with Gasteiger partial charge < -0.3 is 20.2 Å². The molecule has 0 fully saturated rings. The number of rotatable bonds is 8. The Morgan fingerprint density at radius 1 is 1.10 bits per heavy atom. The number of benzene rings is 2. The average molecular weight is 415 g/mol. The fourth-order valence-electron chi connectivity index (χ4n) is 3.76. The highest BCUT2D eigenvalue weighted by Gasteiger charge is 2.04. The maximum absolute atomic E-state index is 4.79. The Morgan fingerprint density at radius 2 is 1.97 bits per heavy atom. The third kappa shape index (κ3) is 5.34. The number of aryl methyl sites for hydroxylation is 1. The maximum atomic E-state index is 4.79. The van der Waals surface area contributed by atoms with Crippen molar-refractivity contribution in [2.24, 2.45) is 4.99 Å². The first kappa shape index (κ1) is 20.7. The van der Waals surface area contributed by atoms with E-state index in [9.17, 15) is 0 Å². The highest BCUT2D eigenvalue weighted by atomic mass is 15.2. The van der Waals surface area contributed by atoms with Crippen LogP contribution in [0.1, 0.15) is 29.4 Å². The van der Waals surface area contributed by atoms with Gasteiger partial charge in [-0.3, -0.25) is 0 Å². The summed E-state index contributed by atoms with van der Waals surface area (Å²) >= 11 is 0. The molecule has 6 nitrogen and oxygen atoms in total. The fourth-order valence-corrected chi connectivity index (χ4v) is 3.76. The van der Waals surface area contributed by atoms with Crippen molar-refractivity contribution in [1.29, 1.82) is 0 Å². The molecule has 3 N–H and O–H groups in total.